The number of benzene rings is 2. The van der Waals surface area contributed by atoms with Crippen molar-refractivity contribution in [3.8, 4) is 11.1 Å². The quantitative estimate of drug-likeness (QED) is 0.191. The van der Waals surface area contributed by atoms with Crippen LogP contribution in [0.3, 0.4) is 0 Å². The number of aryl methyl sites for hydroxylation is 1. The van der Waals surface area contributed by atoms with Crippen LogP contribution in [-0.2, 0) is 28.9 Å². The van der Waals surface area contributed by atoms with Gasteiger partial charge in [-0.25, -0.2) is 0 Å². The zero-order chi connectivity index (χ0) is 31.8. The van der Waals surface area contributed by atoms with Crippen LogP contribution in [0.15, 0.2) is 83.4 Å². The topological polar surface area (TPSA) is 117 Å². The largest absolute Gasteiger partial charge is 0.481 e. The van der Waals surface area contributed by atoms with Gasteiger partial charge in [-0.3, -0.25) is 19.6 Å². The third-order valence-corrected chi connectivity index (χ3v) is 8.12. The van der Waals surface area contributed by atoms with E-state index in [1.54, 1.807) is 57.0 Å². The molecular formula is C36H37N3O5. The van der Waals surface area contributed by atoms with E-state index in [0.717, 1.165) is 33.5 Å². The summed E-state index contributed by atoms with van der Waals surface area (Å²) in [6.07, 6.45) is 1.66. The molecule has 44 heavy (non-hydrogen) atoms. The van der Waals surface area contributed by atoms with Crippen LogP contribution in [-0.4, -0.2) is 37.0 Å². The zero-order valence-electron chi connectivity index (χ0n) is 25.9. The number of carbonyl (C=O) groups excluding carboxylic acids is 1. The molecule has 3 heterocycles. The van der Waals surface area contributed by atoms with Gasteiger partial charge in [-0.15, -0.1) is 0 Å². The molecule has 0 saturated heterocycles. The molecule has 0 fully saturated rings. The lowest BCUT2D eigenvalue weighted by molar-refractivity contribution is -0.142. The first-order valence-corrected chi connectivity index (χ1v) is 14.5. The second kappa shape index (κ2) is 11.7. The van der Waals surface area contributed by atoms with Crippen LogP contribution in [0, 0.1) is 13.8 Å². The van der Waals surface area contributed by atoms with Gasteiger partial charge in [-0.05, 0) is 93.6 Å². The van der Waals surface area contributed by atoms with Crippen molar-refractivity contribution >= 4 is 22.9 Å². The van der Waals surface area contributed by atoms with Crippen LogP contribution in [0.1, 0.15) is 72.0 Å². The van der Waals surface area contributed by atoms with Gasteiger partial charge >= 0.3 is 5.97 Å². The molecular weight excluding hydrogens is 554 g/mol. The van der Waals surface area contributed by atoms with Crippen LogP contribution in [0.5, 0.6) is 0 Å². The minimum Gasteiger partial charge on any atom is -0.481 e. The summed E-state index contributed by atoms with van der Waals surface area (Å²) in [5.74, 6) is -0.125. The van der Waals surface area contributed by atoms with Crippen molar-refractivity contribution in [1.82, 2.24) is 14.9 Å². The van der Waals surface area contributed by atoms with E-state index in [-0.39, 0.29) is 12.5 Å². The zero-order valence-corrected chi connectivity index (χ0v) is 25.9. The number of carboxylic acids is 1. The molecule has 226 valence electrons. The van der Waals surface area contributed by atoms with E-state index in [4.69, 9.17) is 4.42 Å². The second-order valence-electron chi connectivity index (χ2n) is 12.3. The summed E-state index contributed by atoms with van der Waals surface area (Å²) in [4.78, 5) is 37.0. The van der Waals surface area contributed by atoms with Crippen LogP contribution < -0.4 is 0 Å². The number of carboxylic acid groups (broad SMARTS) is 1. The monoisotopic (exact) mass is 591 g/mol. The molecule has 2 N–H and O–H groups in total. The van der Waals surface area contributed by atoms with Crippen molar-refractivity contribution < 1.29 is 24.2 Å². The Balaban J connectivity index is 1.50. The standard InChI is InChI=1S/C36H37N3O5/c1-22-23(2)38-29-11-8-18-37-32(29)31(22)33(40)39(21-28-16-17-30(44-28)36(5,6)43)20-24-12-14-25(15-13-24)26-9-7-10-27(19-26)35(3,4)34(41)42/h7-19,43H,20-21H2,1-6H3,(H,41,42). The summed E-state index contributed by atoms with van der Waals surface area (Å²) in [6.45, 7) is 10.9. The molecule has 0 unspecified atom stereocenters. The Kier molecular flexibility index (Phi) is 8.14. The lowest BCUT2D eigenvalue weighted by Crippen LogP contribution is -2.31. The summed E-state index contributed by atoms with van der Waals surface area (Å²) in [7, 11) is 0. The number of aliphatic carboxylic acids is 1. The van der Waals surface area contributed by atoms with Gasteiger partial charge in [0.05, 0.1) is 23.0 Å². The Hall–Kier alpha value is -4.82. The predicted octanol–water partition coefficient (Wildman–Crippen LogP) is 6.94. The maximum atomic E-state index is 14.3. The van der Waals surface area contributed by atoms with E-state index in [1.807, 2.05) is 68.4 Å². The van der Waals surface area contributed by atoms with Gasteiger partial charge in [0.25, 0.3) is 5.91 Å². The Labute approximate surface area is 257 Å². The van der Waals surface area contributed by atoms with Crippen molar-refractivity contribution in [2.75, 3.05) is 0 Å². The smallest absolute Gasteiger partial charge is 0.313 e. The summed E-state index contributed by atoms with van der Waals surface area (Å²) >= 11 is 0. The minimum atomic E-state index is -1.15. The van der Waals surface area contributed by atoms with Crippen molar-refractivity contribution in [1.29, 1.82) is 0 Å². The van der Waals surface area contributed by atoms with E-state index < -0.39 is 17.0 Å². The molecule has 8 nitrogen and oxygen atoms in total. The minimum absolute atomic E-state index is 0.179. The van der Waals surface area contributed by atoms with E-state index in [2.05, 4.69) is 9.97 Å². The molecule has 0 aliphatic rings. The Morgan fingerprint density at radius 3 is 2.27 bits per heavy atom. The predicted molar refractivity (Wildman–Crippen MR) is 169 cm³/mol. The number of aromatic nitrogens is 2. The fraction of sp³-hybridized carbons (Fsp3) is 0.278. The van der Waals surface area contributed by atoms with Gasteiger partial charge in [0.1, 0.15) is 22.6 Å². The second-order valence-corrected chi connectivity index (χ2v) is 12.3. The molecule has 5 aromatic rings. The van der Waals surface area contributed by atoms with E-state index >= 15 is 0 Å². The normalized spacial score (nSPS) is 12.0. The molecule has 0 radical (unpaired) electrons. The van der Waals surface area contributed by atoms with E-state index in [9.17, 15) is 19.8 Å². The maximum absolute atomic E-state index is 14.3. The van der Waals surface area contributed by atoms with Gasteiger partial charge < -0.3 is 19.5 Å². The van der Waals surface area contributed by atoms with E-state index in [0.29, 0.717) is 34.7 Å². The Morgan fingerprint density at radius 1 is 0.886 bits per heavy atom. The lowest BCUT2D eigenvalue weighted by atomic mass is 9.83. The first kappa shape index (κ1) is 30.6. The highest BCUT2D eigenvalue weighted by Gasteiger charge is 2.30. The van der Waals surface area contributed by atoms with Gasteiger partial charge in [0.15, 0.2) is 0 Å². The number of amides is 1. The van der Waals surface area contributed by atoms with Crippen molar-refractivity contribution in [2.24, 2.45) is 0 Å². The summed E-state index contributed by atoms with van der Waals surface area (Å²) in [6, 6.07) is 22.6. The Bertz CT molecular complexity index is 1850. The molecule has 8 heteroatoms. The lowest BCUT2D eigenvalue weighted by Gasteiger charge is -2.24. The fourth-order valence-corrected chi connectivity index (χ4v) is 5.14. The molecule has 0 atom stereocenters. The van der Waals surface area contributed by atoms with Gasteiger partial charge in [-0.1, -0.05) is 48.5 Å². The third-order valence-electron chi connectivity index (χ3n) is 8.12. The first-order valence-electron chi connectivity index (χ1n) is 14.5. The molecule has 3 aromatic heterocycles. The number of nitrogens with zero attached hydrogens (tertiary/aromatic N) is 3. The molecule has 0 spiro atoms. The molecule has 5 rings (SSSR count). The van der Waals surface area contributed by atoms with Crippen LogP contribution >= 0.6 is 0 Å². The van der Waals surface area contributed by atoms with Gasteiger partial charge in [0, 0.05) is 18.4 Å². The van der Waals surface area contributed by atoms with Crippen molar-refractivity contribution in [3.63, 3.8) is 0 Å². The average Bonchev–Trinajstić information content (AvgIpc) is 3.47. The average molecular weight is 592 g/mol. The number of pyridine rings is 2. The molecule has 0 bridgehead atoms. The van der Waals surface area contributed by atoms with Crippen molar-refractivity contribution in [3.05, 3.63) is 118 Å². The first-order chi connectivity index (χ1) is 20.8. The summed E-state index contributed by atoms with van der Waals surface area (Å²) < 4.78 is 5.96. The molecule has 1 amide bonds. The SMILES string of the molecule is Cc1nc2cccnc2c(C(=O)N(Cc2ccc(-c3cccc(C(C)(C)C(=O)O)c3)cc2)Cc2ccc(C(C)(C)O)o2)c1C. The summed E-state index contributed by atoms with van der Waals surface area (Å²) in [5, 5.41) is 20.1. The van der Waals surface area contributed by atoms with Crippen LogP contribution in [0.25, 0.3) is 22.2 Å². The number of carbonyl (C=O) groups is 2. The highest BCUT2D eigenvalue weighted by atomic mass is 16.4. The number of hydrogen-bond donors (Lipinski definition) is 2. The van der Waals surface area contributed by atoms with E-state index in [1.165, 1.54) is 0 Å². The third kappa shape index (κ3) is 6.12. The Morgan fingerprint density at radius 2 is 1.61 bits per heavy atom. The molecule has 2 aromatic carbocycles. The summed E-state index contributed by atoms with van der Waals surface area (Å²) in [5.41, 5.74) is 4.51. The maximum Gasteiger partial charge on any atom is 0.313 e. The number of hydrogen-bond acceptors (Lipinski definition) is 6. The number of furan rings is 1. The number of rotatable bonds is 9. The highest BCUT2D eigenvalue weighted by Crippen LogP contribution is 2.30. The van der Waals surface area contributed by atoms with Gasteiger partial charge in [-0.2, -0.15) is 0 Å². The van der Waals surface area contributed by atoms with Gasteiger partial charge in [0.2, 0.25) is 0 Å². The number of fused-ring (bicyclic) bond motifs is 1. The molecule has 0 aliphatic carbocycles. The fourth-order valence-electron chi connectivity index (χ4n) is 5.14. The molecule has 0 saturated carbocycles. The van der Waals surface area contributed by atoms with Crippen LogP contribution in [0.2, 0.25) is 0 Å². The van der Waals surface area contributed by atoms with Crippen LogP contribution in [0.4, 0.5) is 0 Å². The number of aliphatic hydroxyl groups is 1. The highest BCUT2D eigenvalue weighted by molar-refractivity contribution is 6.06. The molecule has 0 aliphatic heterocycles. The van der Waals surface area contributed by atoms with Crippen molar-refractivity contribution in [2.45, 2.75) is 65.6 Å².